The molecule has 0 saturated carbocycles. The molecule has 1 aliphatic rings. The van der Waals surface area contributed by atoms with E-state index in [4.69, 9.17) is 0 Å². The molecule has 0 bridgehead atoms. The number of hydrogen-bond acceptors (Lipinski definition) is 2. The number of hydrogen-bond donors (Lipinski definition) is 1. The quantitative estimate of drug-likeness (QED) is 0.540. The molecular formula is C5H9NO2S. The van der Waals surface area contributed by atoms with E-state index in [1.807, 2.05) is 6.92 Å². The minimum atomic E-state index is -0.838. The van der Waals surface area contributed by atoms with Crippen molar-refractivity contribution >= 4 is 16.7 Å². The van der Waals surface area contributed by atoms with E-state index in [-0.39, 0.29) is 11.3 Å². The third-order valence-electron chi connectivity index (χ3n) is 1.29. The van der Waals surface area contributed by atoms with Gasteiger partial charge in [-0.25, -0.2) is 0 Å². The maximum atomic E-state index is 10.8. The third kappa shape index (κ3) is 1.30. The molecule has 2 atom stereocenters. The van der Waals surface area contributed by atoms with E-state index >= 15 is 0 Å². The minimum absolute atomic E-state index is 0.0156. The van der Waals surface area contributed by atoms with Gasteiger partial charge in [0.1, 0.15) is 5.37 Å². The summed E-state index contributed by atoms with van der Waals surface area (Å²) in [4.78, 5) is 10.3. The summed E-state index contributed by atoms with van der Waals surface area (Å²) in [5, 5.41) is 2.50. The van der Waals surface area contributed by atoms with Crippen molar-refractivity contribution in [3.63, 3.8) is 0 Å². The molecule has 52 valence electrons. The van der Waals surface area contributed by atoms with Crippen molar-refractivity contribution in [1.29, 1.82) is 0 Å². The van der Waals surface area contributed by atoms with Gasteiger partial charge in [0.15, 0.2) is 0 Å². The van der Waals surface area contributed by atoms with Crippen LogP contribution in [0, 0.1) is 0 Å². The van der Waals surface area contributed by atoms with Crippen LogP contribution in [-0.4, -0.2) is 21.2 Å². The molecule has 0 aliphatic carbocycles. The van der Waals surface area contributed by atoms with Crippen molar-refractivity contribution in [2.24, 2.45) is 0 Å². The third-order valence-corrected chi connectivity index (χ3v) is 2.78. The molecule has 1 fully saturated rings. The summed E-state index contributed by atoms with van der Waals surface area (Å²) in [5.41, 5.74) is 0. The fourth-order valence-electron chi connectivity index (χ4n) is 0.687. The summed E-state index contributed by atoms with van der Waals surface area (Å²) < 4.78 is 10.8. The van der Waals surface area contributed by atoms with Crippen molar-refractivity contribution in [3.8, 4) is 0 Å². The average Bonchev–Trinajstić information content (AvgIpc) is 1.79. The van der Waals surface area contributed by atoms with Crippen molar-refractivity contribution in [2.75, 3.05) is 5.75 Å². The van der Waals surface area contributed by atoms with Gasteiger partial charge in [0.2, 0.25) is 5.91 Å². The van der Waals surface area contributed by atoms with Crippen LogP contribution >= 0.6 is 0 Å². The Bertz CT molecular complexity index is 149. The Labute approximate surface area is 56.3 Å². The van der Waals surface area contributed by atoms with Crippen molar-refractivity contribution in [1.82, 2.24) is 5.32 Å². The molecule has 1 N–H and O–H groups in total. The molecular weight excluding hydrogens is 138 g/mol. The number of carbonyl (C=O) groups is 1. The predicted molar refractivity (Wildman–Crippen MR) is 35.2 cm³/mol. The summed E-state index contributed by atoms with van der Waals surface area (Å²) in [7, 11) is -0.838. The van der Waals surface area contributed by atoms with Crippen LogP contribution < -0.4 is 5.32 Å². The van der Waals surface area contributed by atoms with E-state index in [0.717, 1.165) is 0 Å². The summed E-state index contributed by atoms with van der Waals surface area (Å²) >= 11 is 0. The van der Waals surface area contributed by atoms with Crippen LogP contribution in [0.15, 0.2) is 0 Å². The summed E-state index contributed by atoms with van der Waals surface area (Å²) in [6.07, 6.45) is 0.445. The van der Waals surface area contributed by atoms with Gasteiger partial charge in [-0.05, 0) is 0 Å². The lowest BCUT2D eigenvalue weighted by atomic mass is 10.3. The molecule has 0 spiro atoms. The first-order valence-corrected chi connectivity index (χ1v) is 4.28. The van der Waals surface area contributed by atoms with Crippen LogP contribution in [0.5, 0.6) is 0 Å². The highest BCUT2D eigenvalue weighted by atomic mass is 32.2. The second-order valence-corrected chi connectivity index (χ2v) is 3.84. The molecule has 1 saturated heterocycles. The summed E-state index contributed by atoms with van der Waals surface area (Å²) in [6, 6.07) is 0. The van der Waals surface area contributed by atoms with Crippen LogP contribution in [0.25, 0.3) is 0 Å². The van der Waals surface area contributed by atoms with E-state index in [2.05, 4.69) is 5.32 Å². The van der Waals surface area contributed by atoms with E-state index < -0.39 is 10.8 Å². The van der Waals surface area contributed by atoms with Gasteiger partial charge in [-0.1, -0.05) is 6.92 Å². The van der Waals surface area contributed by atoms with E-state index in [1.54, 1.807) is 0 Å². The van der Waals surface area contributed by atoms with Gasteiger partial charge in [-0.3, -0.25) is 9.00 Å². The van der Waals surface area contributed by atoms with Crippen LogP contribution in [0.4, 0.5) is 0 Å². The molecule has 4 heteroatoms. The second-order valence-electron chi connectivity index (χ2n) is 1.93. The number of rotatable bonds is 2. The van der Waals surface area contributed by atoms with Gasteiger partial charge in [0.25, 0.3) is 0 Å². The molecule has 2 unspecified atom stereocenters. The van der Waals surface area contributed by atoms with E-state index in [9.17, 15) is 9.00 Å². The summed E-state index contributed by atoms with van der Waals surface area (Å²) in [6.45, 7) is 1.85. The van der Waals surface area contributed by atoms with Crippen LogP contribution in [-0.2, 0) is 15.6 Å². The van der Waals surface area contributed by atoms with Crippen LogP contribution in [0.2, 0.25) is 0 Å². The zero-order chi connectivity index (χ0) is 6.85. The molecule has 1 aliphatic heterocycles. The van der Waals surface area contributed by atoms with Gasteiger partial charge in [-0.15, -0.1) is 0 Å². The largest absolute Gasteiger partial charge is 0.341 e. The molecule has 1 rings (SSSR count). The standard InChI is InChI=1S/C5H9NO2S/c1-2-9(8)5-3-4(7)6-5/h5H,2-3H2,1H3,(H,6,7). The SMILES string of the molecule is CCS(=O)C1CC(=O)N1. The lowest BCUT2D eigenvalue weighted by Crippen LogP contribution is -2.51. The number of β-lactam (4-membered cyclic amide) rings is 1. The van der Waals surface area contributed by atoms with E-state index in [1.165, 1.54) is 0 Å². The first-order valence-electron chi connectivity index (χ1n) is 2.90. The lowest BCUT2D eigenvalue weighted by molar-refractivity contribution is -0.126. The Morgan fingerprint density at radius 3 is 2.78 bits per heavy atom. The number of carbonyl (C=O) groups excluding carboxylic acids is 1. The maximum absolute atomic E-state index is 10.8. The van der Waals surface area contributed by atoms with E-state index in [0.29, 0.717) is 12.2 Å². The highest BCUT2D eigenvalue weighted by Gasteiger charge is 2.29. The monoisotopic (exact) mass is 147 g/mol. The van der Waals surface area contributed by atoms with Crippen molar-refractivity contribution in [2.45, 2.75) is 18.7 Å². The minimum Gasteiger partial charge on any atom is -0.341 e. The Balaban J connectivity index is 2.31. The Morgan fingerprint density at radius 2 is 2.44 bits per heavy atom. The lowest BCUT2D eigenvalue weighted by Gasteiger charge is -2.25. The van der Waals surface area contributed by atoms with Gasteiger partial charge >= 0.3 is 0 Å². The summed E-state index contributed by atoms with van der Waals surface area (Å²) in [5.74, 6) is 0.645. The zero-order valence-electron chi connectivity index (χ0n) is 5.22. The smallest absolute Gasteiger partial charge is 0.224 e. The number of nitrogens with one attached hydrogen (secondary N) is 1. The molecule has 0 aromatic rings. The number of amides is 1. The molecule has 0 aromatic heterocycles. The first-order chi connectivity index (χ1) is 4.24. The first kappa shape index (κ1) is 6.74. The molecule has 0 radical (unpaired) electrons. The fraction of sp³-hybridized carbons (Fsp3) is 0.800. The average molecular weight is 147 g/mol. The normalized spacial score (nSPS) is 28.6. The van der Waals surface area contributed by atoms with Crippen molar-refractivity contribution < 1.29 is 9.00 Å². The Morgan fingerprint density at radius 1 is 1.89 bits per heavy atom. The predicted octanol–water partition coefficient (Wildman–Crippen LogP) is -0.399. The molecule has 3 nitrogen and oxygen atoms in total. The fourth-order valence-corrected chi connectivity index (χ4v) is 1.69. The maximum Gasteiger partial charge on any atom is 0.224 e. The highest BCUT2D eigenvalue weighted by Crippen LogP contribution is 2.07. The molecule has 9 heavy (non-hydrogen) atoms. The Hall–Kier alpha value is -0.380. The van der Waals surface area contributed by atoms with Crippen LogP contribution in [0.1, 0.15) is 13.3 Å². The van der Waals surface area contributed by atoms with Gasteiger partial charge in [0.05, 0.1) is 6.42 Å². The molecule has 0 aromatic carbocycles. The van der Waals surface area contributed by atoms with Gasteiger partial charge in [-0.2, -0.15) is 0 Å². The topological polar surface area (TPSA) is 46.2 Å². The van der Waals surface area contributed by atoms with Gasteiger partial charge < -0.3 is 5.32 Å². The van der Waals surface area contributed by atoms with Gasteiger partial charge in [0, 0.05) is 16.6 Å². The van der Waals surface area contributed by atoms with Crippen LogP contribution in [0.3, 0.4) is 0 Å². The molecule has 1 amide bonds. The second kappa shape index (κ2) is 2.47. The zero-order valence-corrected chi connectivity index (χ0v) is 6.03. The Kier molecular flexibility index (Phi) is 1.85. The molecule has 1 heterocycles. The van der Waals surface area contributed by atoms with Crippen molar-refractivity contribution in [3.05, 3.63) is 0 Å². The highest BCUT2D eigenvalue weighted by molar-refractivity contribution is 7.85.